The van der Waals surface area contributed by atoms with Crippen molar-refractivity contribution < 1.29 is 18.4 Å². The van der Waals surface area contributed by atoms with E-state index in [-0.39, 0.29) is 11.8 Å². The fourth-order valence-electron chi connectivity index (χ4n) is 3.02. The Hall–Kier alpha value is -2.35. The quantitative estimate of drug-likeness (QED) is 0.869. The number of hydrogen-bond acceptors (Lipinski definition) is 4. The Labute approximate surface area is 154 Å². The number of nitrogens with one attached hydrogen (secondary N) is 1. The molecule has 1 aliphatic heterocycles. The Morgan fingerprint density at radius 1 is 1.23 bits per heavy atom. The molecular formula is C18H19F2N3O2S. The predicted octanol–water partition coefficient (Wildman–Crippen LogP) is 2.63. The number of aromatic nitrogens is 1. The van der Waals surface area contributed by atoms with Gasteiger partial charge >= 0.3 is 0 Å². The van der Waals surface area contributed by atoms with Crippen molar-refractivity contribution in [2.24, 2.45) is 5.92 Å². The zero-order chi connectivity index (χ0) is 18.5. The standard InChI is InChI=1S/C18H19F2N3O2S/c19-14-2-1-3-15(20)16(14)18(25)23-8-5-12(6-9-23)17(24)21-7-4-13-10-26-11-22-13/h1-3,10-12H,4-9H2,(H,21,24). The van der Waals surface area contributed by atoms with Gasteiger partial charge in [-0.2, -0.15) is 0 Å². The van der Waals surface area contributed by atoms with Gasteiger partial charge in [-0.05, 0) is 25.0 Å². The third-order valence-corrected chi connectivity index (χ3v) is 5.13. The van der Waals surface area contributed by atoms with E-state index >= 15 is 0 Å². The minimum Gasteiger partial charge on any atom is -0.355 e. The van der Waals surface area contributed by atoms with Crippen LogP contribution in [0.15, 0.2) is 29.1 Å². The molecule has 26 heavy (non-hydrogen) atoms. The molecule has 1 saturated heterocycles. The summed E-state index contributed by atoms with van der Waals surface area (Å²) in [6.07, 6.45) is 1.63. The van der Waals surface area contributed by atoms with Gasteiger partial charge < -0.3 is 10.2 Å². The number of carbonyl (C=O) groups excluding carboxylic acids is 2. The highest BCUT2D eigenvalue weighted by Crippen LogP contribution is 2.21. The average molecular weight is 379 g/mol. The van der Waals surface area contributed by atoms with E-state index < -0.39 is 23.1 Å². The summed E-state index contributed by atoms with van der Waals surface area (Å²) in [7, 11) is 0. The third kappa shape index (κ3) is 4.24. The van der Waals surface area contributed by atoms with Crippen LogP contribution in [0.4, 0.5) is 8.78 Å². The third-order valence-electron chi connectivity index (χ3n) is 4.49. The largest absolute Gasteiger partial charge is 0.355 e. The van der Waals surface area contributed by atoms with Crippen LogP contribution in [0.25, 0.3) is 0 Å². The van der Waals surface area contributed by atoms with E-state index in [0.717, 1.165) is 17.8 Å². The van der Waals surface area contributed by atoms with E-state index in [1.807, 2.05) is 5.38 Å². The number of rotatable bonds is 5. The topological polar surface area (TPSA) is 62.3 Å². The molecule has 0 unspecified atom stereocenters. The van der Waals surface area contributed by atoms with E-state index in [4.69, 9.17) is 0 Å². The van der Waals surface area contributed by atoms with Crippen molar-refractivity contribution in [3.8, 4) is 0 Å². The van der Waals surface area contributed by atoms with E-state index in [0.29, 0.717) is 38.9 Å². The molecule has 3 rings (SSSR count). The molecule has 1 fully saturated rings. The first kappa shape index (κ1) is 18.4. The van der Waals surface area contributed by atoms with E-state index in [1.54, 1.807) is 5.51 Å². The molecule has 0 aliphatic carbocycles. The van der Waals surface area contributed by atoms with Crippen molar-refractivity contribution in [1.29, 1.82) is 0 Å². The van der Waals surface area contributed by atoms with Crippen molar-refractivity contribution in [3.05, 3.63) is 52.0 Å². The lowest BCUT2D eigenvalue weighted by Crippen LogP contribution is -2.43. The Balaban J connectivity index is 1.49. The minimum absolute atomic E-state index is 0.0515. The van der Waals surface area contributed by atoms with Gasteiger partial charge in [-0.15, -0.1) is 11.3 Å². The Morgan fingerprint density at radius 2 is 1.92 bits per heavy atom. The molecule has 0 bridgehead atoms. The minimum atomic E-state index is -0.864. The van der Waals surface area contributed by atoms with Crippen LogP contribution in [0.1, 0.15) is 28.9 Å². The number of amides is 2. The molecule has 138 valence electrons. The van der Waals surface area contributed by atoms with Crippen molar-refractivity contribution in [2.45, 2.75) is 19.3 Å². The fraction of sp³-hybridized carbons (Fsp3) is 0.389. The summed E-state index contributed by atoms with van der Waals surface area (Å²) in [6, 6.07) is 3.36. The van der Waals surface area contributed by atoms with E-state index in [1.165, 1.54) is 22.3 Å². The van der Waals surface area contributed by atoms with Crippen molar-refractivity contribution in [3.63, 3.8) is 0 Å². The molecule has 1 aromatic heterocycles. The van der Waals surface area contributed by atoms with Gasteiger partial charge in [0.15, 0.2) is 0 Å². The molecular weight excluding hydrogens is 360 g/mol. The Morgan fingerprint density at radius 3 is 2.54 bits per heavy atom. The van der Waals surface area contributed by atoms with Crippen LogP contribution in [0, 0.1) is 17.6 Å². The molecule has 5 nitrogen and oxygen atoms in total. The highest BCUT2D eigenvalue weighted by Gasteiger charge is 2.30. The molecule has 0 spiro atoms. The van der Waals surface area contributed by atoms with Gasteiger partial charge in [0.05, 0.1) is 11.2 Å². The van der Waals surface area contributed by atoms with Gasteiger partial charge in [0, 0.05) is 37.4 Å². The maximum atomic E-state index is 13.8. The van der Waals surface area contributed by atoms with Crippen LogP contribution in [-0.4, -0.2) is 41.3 Å². The monoisotopic (exact) mass is 379 g/mol. The molecule has 1 aromatic carbocycles. The number of halogens is 2. The molecule has 0 saturated carbocycles. The lowest BCUT2D eigenvalue weighted by molar-refractivity contribution is -0.126. The molecule has 8 heteroatoms. The van der Waals surface area contributed by atoms with Gasteiger partial charge in [-0.3, -0.25) is 9.59 Å². The first-order valence-corrected chi connectivity index (χ1v) is 9.38. The molecule has 2 heterocycles. The number of piperidine rings is 1. The van der Waals surface area contributed by atoms with Crippen LogP contribution >= 0.6 is 11.3 Å². The summed E-state index contributed by atoms with van der Waals surface area (Å²) in [5.74, 6) is -2.64. The SMILES string of the molecule is O=C(NCCc1cscn1)C1CCN(C(=O)c2c(F)cccc2F)CC1. The van der Waals surface area contributed by atoms with Gasteiger partial charge in [-0.25, -0.2) is 13.8 Å². The second-order valence-electron chi connectivity index (χ2n) is 6.18. The van der Waals surface area contributed by atoms with Crippen LogP contribution in [-0.2, 0) is 11.2 Å². The Kier molecular flexibility index (Phi) is 5.92. The summed E-state index contributed by atoms with van der Waals surface area (Å²) in [5, 5.41) is 4.83. The van der Waals surface area contributed by atoms with Crippen molar-refractivity contribution in [1.82, 2.24) is 15.2 Å². The maximum absolute atomic E-state index is 13.8. The molecule has 0 atom stereocenters. The lowest BCUT2D eigenvalue weighted by atomic mass is 9.95. The number of carbonyl (C=O) groups is 2. The van der Waals surface area contributed by atoms with E-state index in [9.17, 15) is 18.4 Å². The van der Waals surface area contributed by atoms with Gasteiger partial charge in [0.2, 0.25) is 5.91 Å². The number of nitrogens with zero attached hydrogens (tertiary/aromatic N) is 2. The van der Waals surface area contributed by atoms with E-state index in [2.05, 4.69) is 10.3 Å². The summed E-state index contributed by atoms with van der Waals surface area (Å²) in [6.45, 7) is 1.12. The highest BCUT2D eigenvalue weighted by atomic mass is 32.1. The molecule has 2 aromatic rings. The molecule has 2 amide bonds. The summed E-state index contributed by atoms with van der Waals surface area (Å²) < 4.78 is 27.5. The molecule has 1 aliphatic rings. The first-order chi connectivity index (χ1) is 12.6. The van der Waals surface area contributed by atoms with Gasteiger partial charge in [0.25, 0.3) is 5.91 Å². The smallest absolute Gasteiger partial charge is 0.259 e. The number of thiazole rings is 1. The maximum Gasteiger partial charge on any atom is 0.259 e. The normalized spacial score (nSPS) is 15.1. The second kappa shape index (κ2) is 8.35. The van der Waals surface area contributed by atoms with Crippen molar-refractivity contribution in [2.75, 3.05) is 19.6 Å². The summed E-state index contributed by atoms with van der Waals surface area (Å²) >= 11 is 1.51. The fourth-order valence-corrected chi connectivity index (χ4v) is 3.62. The van der Waals surface area contributed by atoms with Gasteiger partial charge in [-0.1, -0.05) is 6.07 Å². The Bertz CT molecular complexity index is 754. The second-order valence-corrected chi connectivity index (χ2v) is 6.90. The van der Waals surface area contributed by atoms with Crippen LogP contribution < -0.4 is 5.32 Å². The average Bonchev–Trinajstić information content (AvgIpc) is 3.15. The predicted molar refractivity (Wildman–Crippen MR) is 93.8 cm³/mol. The molecule has 0 radical (unpaired) electrons. The van der Waals surface area contributed by atoms with Crippen molar-refractivity contribution >= 4 is 23.2 Å². The zero-order valence-corrected chi connectivity index (χ0v) is 14.9. The van der Waals surface area contributed by atoms with Crippen LogP contribution in [0.2, 0.25) is 0 Å². The number of hydrogen-bond donors (Lipinski definition) is 1. The number of benzene rings is 1. The lowest BCUT2D eigenvalue weighted by Gasteiger charge is -2.31. The first-order valence-electron chi connectivity index (χ1n) is 8.44. The van der Waals surface area contributed by atoms with Crippen LogP contribution in [0.5, 0.6) is 0 Å². The van der Waals surface area contributed by atoms with Gasteiger partial charge in [0.1, 0.15) is 17.2 Å². The summed E-state index contributed by atoms with van der Waals surface area (Å²) in [5.41, 5.74) is 2.17. The summed E-state index contributed by atoms with van der Waals surface area (Å²) in [4.78, 5) is 30.2. The highest BCUT2D eigenvalue weighted by molar-refractivity contribution is 7.07. The zero-order valence-electron chi connectivity index (χ0n) is 14.1. The molecule has 1 N–H and O–H groups in total. The van der Waals surface area contributed by atoms with Crippen LogP contribution in [0.3, 0.4) is 0 Å². The number of likely N-dealkylation sites (tertiary alicyclic amines) is 1.